The minimum absolute atomic E-state index is 0. The molecule has 6 heteroatoms. The Morgan fingerprint density at radius 3 is 2.85 bits per heavy atom. The smallest absolute Gasteiger partial charge is 0.412 e. The van der Waals surface area contributed by atoms with Gasteiger partial charge in [-0.1, -0.05) is 6.08 Å². The van der Waals surface area contributed by atoms with Crippen molar-refractivity contribution < 1.29 is 33.4 Å². The molecule has 4 rings (SSSR count). The molecule has 0 bridgehead atoms. The molecule has 0 unspecified atom stereocenters. The number of fused-ring (bicyclic) bond motifs is 1. The van der Waals surface area contributed by atoms with Gasteiger partial charge in [-0.3, -0.25) is 4.99 Å². The third-order valence-electron chi connectivity index (χ3n) is 4.72. The number of hydrogen-bond acceptors (Lipinski definition) is 3. The number of aromatic nitrogens is 1. The summed E-state index contributed by atoms with van der Waals surface area (Å²) in [7, 11) is 0. The van der Waals surface area contributed by atoms with Crippen molar-refractivity contribution in [2.75, 3.05) is 6.54 Å². The van der Waals surface area contributed by atoms with Gasteiger partial charge in [0.15, 0.2) is 0 Å². The predicted octanol–water partition coefficient (Wildman–Crippen LogP) is 2.06. The zero-order valence-electron chi connectivity index (χ0n) is 15.1. The number of halogens is 1. The fraction of sp³-hybridized carbons (Fsp3) is 0.300. The van der Waals surface area contributed by atoms with Crippen LogP contribution in [0, 0.1) is 5.92 Å². The Kier molecular flexibility index (Phi) is 6.56. The van der Waals surface area contributed by atoms with Gasteiger partial charge in [0.1, 0.15) is 0 Å². The average Bonchev–Trinajstić information content (AvgIpc) is 3.20. The normalized spacial score (nSPS) is 15.1. The van der Waals surface area contributed by atoms with Crippen molar-refractivity contribution in [2.24, 2.45) is 4.99 Å². The number of benzene rings is 1. The van der Waals surface area contributed by atoms with Gasteiger partial charge in [0.2, 0.25) is 0 Å². The van der Waals surface area contributed by atoms with E-state index in [1.54, 1.807) is 0 Å². The number of nitrogens with zero attached hydrogens (tertiary/aromatic N) is 1. The summed E-state index contributed by atoms with van der Waals surface area (Å²) < 4.78 is 13.4. The molecule has 1 aromatic heterocycles. The summed E-state index contributed by atoms with van der Waals surface area (Å²) in [5.41, 5.74) is 5.32. The van der Waals surface area contributed by atoms with Crippen LogP contribution < -0.4 is 34.9 Å². The molecule has 0 radical (unpaired) electrons. The molecule has 0 spiro atoms. The van der Waals surface area contributed by atoms with E-state index in [1.165, 1.54) is 18.8 Å². The standard InChI is InChI=1S/C20H21FN3S.Na/c1-13(14-4-5-14)23-12-18-9-16-11-20(25-21)15(10-19(16)24-18)6-7-17-3-2-8-22-17;/h2-3,9-11,23-24H,1,4-8,12H2;/q-1;+1. The van der Waals surface area contributed by atoms with Crippen molar-refractivity contribution in [3.05, 3.63) is 59.8 Å². The van der Waals surface area contributed by atoms with E-state index in [0.29, 0.717) is 23.6 Å². The molecule has 2 N–H and O–H groups in total. The van der Waals surface area contributed by atoms with Gasteiger partial charge in [0.05, 0.1) is 25.2 Å². The predicted molar refractivity (Wildman–Crippen MR) is 103 cm³/mol. The molecule has 26 heavy (non-hydrogen) atoms. The first-order chi connectivity index (χ1) is 12.2. The van der Waals surface area contributed by atoms with E-state index in [9.17, 15) is 3.89 Å². The minimum Gasteiger partial charge on any atom is -0.412 e. The summed E-state index contributed by atoms with van der Waals surface area (Å²) >= 11 is 0.328. The number of H-pyrrole nitrogens is 1. The van der Waals surface area contributed by atoms with E-state index in [-0.39, 0.29) is 29.6 Å². The van der Waals surface area contributed by atoms with E-state index in [2.05, 4.69) is 46.2 Å². The monoisotopic (exact) mass is 377 g/mol. The second-order valence-electron chi connectivity index (χ2n) is 6.59. The number of aryl methyl sites for hydroxylation is 1. The van der Waals surface area contributed by atoms with Crippen molar-refractivity contribution in [3.63, 3.8) is 0 Å². The van der Waals surface area contributed by atoms with Crippen LogP contribution in [0.1, 0.15) is 30.5 Å². The first kappa shape index (κ1) is 19.6. The SMILES string of the molecule is C=C(NCc1cc2cc(SF)c(CCC3=NCC=C3)cc2[nH]1)[C-]1CC1.[Na+]. The number of aromatic amines is 1. The molecule has 3 nitrogen and oxygen atoms in total. The van der Waals surface area contributed by atoms with Crippen molar-refractivity contribution in [3.8, 4) is 0 Å². The molecule has 1 aliphatic heterocycles. The first-order valence-corrected chi connectivity index (χ1v) is 9.35. The summed E-state index contributed by atoms with van der Waals surface area (Å²) in [4.78, 5) is 8.55. The molecule has 2 heterocycles. The molecular weight excluding hydrogens is 356 g/mol. The fourth-order valence-electron chi connectivity index (χ4n) is 3.15. The average molecular weight is 377 g/mol. The van der Waals surface area contributed by atoms with Gasteiger partial charge >= 0.3 is 29.6 Å². The molecule has 0 amide bonds. The number of nitrogens with one attached hydrogen (secondary N) is 2. The number of allylic oxidation sites excluding steroid dienone is 2. The van der Waals surface area contributed by atoms with Crippen molar-refractivity contribution in [2.45, 2.75) is 37.1 Å². The molecule has 0 saturated heterocycles. The Morgan fingerprint density at radius 1 is 1.31 bits per heavy atom. The Hall–Kier alpha value is -1.14. The van der Waals surface area contributed by atoms with E-state index >= 15 is 0 Å². The van der Waals surface area contributed by atoms with Gasteiger partial charge in [0, 0.05) is 27.2 Å². The van der Waals surface area contributed by atoms with Crippen molar-refractivity contribution in [1.82, 2.24) is 10.3 Å². The first-order valence-electron chi connectivity index (χ1n) is 8.64. The fourth-order valence-corrected chi connectivity index (χ4v) is 3.59. The molecule has 1 aromatic carbocycles. The van der Waals surface area contributed by atoms with Gasteiger partial charge < -0.3 is 10.3 Å². The molecule has 1 aliphatic carbocycles. The summed E-state index contributed by atoms with van der Waals surface area (Å²) in [5.74, 6) is 1.42. The topological polar surface area (TPSA) is 40.2 Å². The zero-order valence-corrected chi connectivity index (χ0v) is 17.9. The molecule has 130 valence electrons. The Morgan fingerprint density at radius 2 is 2.15 bits per heavy atom. The second-order valence-corrected chi connectivity index (χ2v) is 7.18. The molecule has 1 saturated carbocycles. The van der Waals surface area contributed by atoms with Gasteiger partial charge in [-0.25, -0.2) is 6.58 Å². The summed E-state index contributed by atoms with van der Waals surface area (Å²) in [5, 5.41) is 4.41. The van der Waals surface area contributed by atoms with Crippen LogP contribution in [0.5, 0.6) is 0 Å². The van der Waals surface area contributed by atoms with Crippen LogP contribution >= 0.6 is 12.1 Å². The summed E-state index contributed by atoms with van der Waals surface area (Å²) in [6.45, 7) is 5.55. The maximum absolute atomic E-state index is 13.4. The molecule has 2 aliphatic rings. The number of rotatable bonds is 8. The quantitative estimate of drug-likeness (QED) is 0.546. The Bertz CT molecular complexity index is 867. The van der Waals surface area contributed by atoms with Crippen LogP contribution in [0.4, 0.5) is 3.89 Å². The Balaban J connectivity index is 0.00000196. The van der Waals surface area contributed by atoms with Gasteiger partial charge in [0.25, 0.3) is 0 Å². The summed E-state index contributed by atoms with van der Waals surface area (Å²) in [6.07, 6.45) is 8.10. The minimum atomic E-state index is 0. The number of aliphatic imine (C=N–C) groups is 1. The van der Waals surface area contributed by atoms with E-state index in [4.69, 9.17) is 0 Å². The van der Waals surface area contributed by atoms with Crippen molar-refractivity contribution in [1.29, 1.82) is 0 Å². The Labute approximate surface area is 180 Å². The molecule has 0 atom stereocenters. The molecular formula is C20H21FN3NaS. The van der Waals surface area contributed by atoms with Crippen LogP contribution in [0.3, 0.4) is 0 Å². The van der Waals surface area contributed by atoms with E-state index < -0.39 is 0 Å². The van der Waals surface area contributed by atoms with E-state index in [0.717, 1.165) is 53.0 Å². The third kappa shape index (κ3) is 4.58. The van der Waals surface area contributed by atoms with Crippen LogP contribution in [0.15, 0.2) is 52.5 Å². The van der Waals surface area contributed by atoms with Crippen molar-refractivity contribution >= 4 is 28.8 Å². The van der Waals surface area contributed by atoms with Gasteiger partial charge in [-0.05, 0) is 42.7 Å². The third-order valence-corrected chi connectivity index (χ3v) is 5.27. The van der Waals surface area contributed by atoms with Gasteiger partial charge in [-0.2, -0.15) is 9.80 Å². The second kappa shape index (κ2) is 8.70. The molecule has 2 aromatic rings. The maximum Gasteiger partial charge on any atom is 1.00 e. The summed E-state index contributed by atoms with van der Waals surface area (Å²) in [6, 6.07) is 6.09. The largest absolute Gasteiger partial charge is 1.00 e. The number of hydrogen-bond donors (Lipinski definition) is 2. The van der Waals surface area contributed by atoms with Crippen LogP contribution in [-0.2, 0) is 13.0 Å². The van der Waals surface area contributed by atoms with Crippen LogP contribution in [0.25, 0.3) is 10.9 Å². The van der Waals surface area contributed by atoms with E-state index in [1.807, 2.05) is 6.07 Å². The van der Waals surface area contributed by atoms with Crippen LogP contribution in [-0.4, -0.2) is 17.2 Å². The maximum atomic E-state index is 13.4. The molecule has 1 fully saturated rings. The van der Waals surface area contributed by atoms with Gasteiger partial charge in [-0.15, -0.1) is 18.5 Å². The van der Waals surface area contributed by atoms with Crippen LogP contribution in [0.2, 0.25) is 0 Å². The zero-order chi connectivity index (χ0) is 17.2.